The molecule has 3 aromatic carbocycles. The number of fused-ring (bicyclic) bond motifs is 1. The number of aliphatic hydroxyl groups excluding tert-OH is 1. The average molecular weight is 553 g/mol. The Labute approximate surface area is 225 Å². The van der Waals surface area contributed by atoms with Crippen molar-refractivity contribution in [3.8, 4) is 17.2 Å². The minimum Gasteiger partial charge on any atom is -0.508 e. The molecule has 1 aromatic heterocycles. The number of amides is 1. The normalized spacial score (nSPS) is 16.7. The van der Waals surface area contributed by atoms with E-state index in [-0.39, 0.29) is 44.6 Å². The zero-order chi connectivity index (χ0) is 27.8. The molecule has 0 saturated carbocycles. The number of ketones is 1. The van der Waals surface area contributed by atoms with Gasteiger partial charge in [0.2, 0.25) is 0 Å². The molecule has 11 heteroatoms. The molecule has 1 amide bonds. The number of anilines is 1. The van der Waals surface area contributed by atoms with Crippen LogP contribution in [0.4, 0.5) is 13.9 Å². The molecular weight excluding hydrogens is 530 g/mol. The minimum absolute atomic E-state index is 0.00551. The summed E-state index contributed by atoms with van der Waals surface area (Å²) < 4.78 is 39.2. The molecule has 1 aliphatic rings. The van der Waals surface area contributed by atoms with Crippen molar-refractivity contribution in [3.63, 3.8) is 0 Å². The lowest BCUT2D eigenvalue weighted by molar-refractivity contribution is -0.132. The highest BCUT2D eigenvalue weighted by molar-refractivity contribution is 7.22. The second kappa shape index (κ2) is 10.3. The topological polar surface area (TPSA) is 109 Å². The van der Waals surface area contributed by atoms with Crippen molar-refractivity contribution in [1.29, 1.82) is 0 Å². The second-order valence-electron chi connectivity index (χ2n) is 8.52. The molecule has 1 unspecified atom stereocenters. The van der Waals surface area contributed by atoms with Gasteiger partial charge in [0, 0.05) is 12.1 Å². The molecule has 0 bridgehead atoms. The summed E-state index contributed by atoms with van der Waals surface area (Å²) in [5, 5.41) is 21.3. The standard InChI is InChI=1S/C28H22F2N2O6S/c1-3-37-16-9-10-17(21(11-16)38-4-2)25(34)23-24(14-5-7-15(33)8-6-14)32(27(36)26(23)35)28-31-20-12-18(29)19(30)13-22(20)39-28/h5-13,24,33-34H,3-4H2,1-2H3/b25-23+. The monoisotopic (exact) mass is 552 g/mol. The number of ether oxygens (including phenoxy) is 2. The first-order valence-corrected chi connectivity index (χ1v) is 12.8. The summed E-state index contributed by atoms with van der Waals surface area (Å²) >= 11 is 0.893. The number of rotatable bonds is 7. The summed E-state index contributed by atoms with van der Waals surface area (Å²) in [6.07, 6.45) is 0. The maximum absolute atomic E-state index is 13.9. The van der Waals surface area contributed by atoms with Crippen molar-refractivity contribution in [2.75, 3.05) is 18.1 Å². The van der Waals surface area contributed by atoms with Gasteiger partial charge in [0.25, 0.3) is 5.78 Å². The number of Topliss-reactive ketones (excluding diaryl/α,β-unsaturated/α-hetero) is 1. The first-order valence-electron chi connectivity index (χ1n) is 12.0. The molecule has 2 N–H and O–H groups in total. The van der Waals surface area contributed by atoms with Gasteiger partial charge in [0.1, 0.15) is 23.0 Å². The van der Waals surface area contributed by atoms with Gasteiger partial charge in [-0.1, -0.05) is 23.5 Å². The van der Waals surface area contributed by atoms with Gasteiger partial charge in [0.15, 0.2) is 16.8 Å². The van der Waals surface area contributed by atoms with E-state index in [9.17, 15) is 28.6 Å². The van der Waals surface area contributed by atoms with E-state index in [4.69, 9.17) is 9.47 Å². The fourth-order valence-corrected chi connectivity index (χ4v) is 5.39. The molecule has 200 valence electrons. The van der Waals surface area contributed by atoms with E-state index < -0.39 is 35.1 Å². The number of aliphatic hydroxyl groups is 1. The van der Waals surface area contributed by atoms with Crippen LogP contribution in [-0.4, -0.2) is 40.1 Å². The van der Waals surface area contributed by atoms with Crippen LogP contribution in [0.25, 0.3) is 16.0 Å². The molecule has 39 heavy (non-hydrogen) atoms. The predicted octanol–water partition coefficient (Wildman–Crippen LogP) is 5.70. The first-order chi connectivity index (χ1) is 18.7. The lowest BCUT2D eigenvalue weighted by atomic mass is 9.95. The Morgan fingerprint density at radius 2 is 1.69 bits per heavy atom. The quantitative estimate of drug-likeness (QED) is 0.172. The molecular formula is C28H22F2N2O6S. The molecule has 0 radical (unpaired) electrons. The van der Waals surface area contributed by atoms with Gasteiger partial charge in [-0.2, -0.15) is 0 Å². The summed E-state index contributed by atoms with van der Waals surface area (Å²) in [4.78, 5) is 32.2. The van der Waals surface area contributed by atoms with Gasteiger partial charge in [-0.15, -0.1) is 0 Å². The van der Waals surface area contributed by atoms with Crippen molar-refractivity contribution in [2.24, 2.45) is 0 Å². The Morgan fingerprint density at radius 1 is 1.00 bits per heavy atom. The Morgan fingerprint density at radius 3 is 2.38 bits per heavy atom. The van der Waals surface area contributed by atoms with Gasteiger partial charge >= 0.3 is 5.91 Å². The number of thiazole rings is 1. The Balaban J connectivity index is 1.72. The van der Waals surface area contributed by atoms with E-state index in [1.165, 1.54) is 30.3 Å². The molecule has 1 fully saturated rings. The summed E-state index contributed by atoms with van der Waals surface area (Å²) in [5.41, 5.74) is 0.405. The van der Waals surface area contributed by atoms with E-state index in [2.05, 4.69) is 4.98 Å². The predicted molar refractivity (Wildman–Crippen MR) is 141 cm³/mol. The van der Waals surface area contributed by atoms with Gasteiger partial charge in [-0.3, -0.25) is 14.5 Å². The third kappa shape index (κ3) is 4.65. The molecule has 4 aromatic rings. The highest BCUT2D eigenvalue weighted by Gasteiger charge is 2.48. The number of phenols is 1. The highest BCUT2D eigenvalue weighted by atomic mass is 32.1. The van der Waals surface area contributed by atoms with Gasteiger partial charge in [-0.25, -0.2) is 13.8 Å². The van der Waals surface area contributed by atoms with Crippen molar-refractivity contribution >= 4 is 44.1 Å². The number of carbonyl (C=O) groups excluding carboxylic acids is 2. The Kier molecular flexibility index (Phi) is 6.92. The van der Waals surface area contributed by atoms with Crippen molar-refractivity contribution < 1.29 is 38.1 Å². The maximum atomic E-state index is 13.9. The van der Waals surface area contributed by atoms with E-state index in [1.807, 2.05) is 6.92 Å². The maximum Gasteiger partial charge on any atom is 0.301 e. The molecule has 8 nitrogen and oxygen atoms in total. The van der Waals surface area contributed by atoms with Crippen molar-refractivity contribution in [2.45, 2.75) is 19.9 Å². The number of nitrogens with zero attached hydrogens (tertiary/aromatic N) is 2. The number of benzene rings is 3. The molecule has 2 heterocycles. The third-order valence-electron chi connectivity index (χ3n) is 6.10. The van der Waals surface area contributed by atoms with Crippen LogP contribution < -0.4 is 14.4 Å². The van der Waals surface area contributed by atoms with Crippen molar-refractivity contribution in [3.05, 3.63) is 82.9 Å². The Hall–Kier alpha value is -4.51. The van der Waals surface area contributed by atoms with Crippen LogP contribution in [0.15, 0.2) is 60.2 Å². The van der Waals surface area contributed by atoms with Gasteiger partial charge < -0.3 is 19.7 Å². The number of aromatic nitrogens is 1. The number of hydrogen-bond donors (Lipinski definition) is 2. The van der Waals surface area contributed by atoms with Crippen LogP contribution >= 0.6 is 11.3 Å². The lowest BCUT2D eigenvalue weighted by Crippen LogP contribution is -2.29. The Bertz CT molecular complexity index is 1590. The largest absolute Gasteiger partial charge is 0.508 e. The van der Waals surface area contributed by atoms with Crippen LogP contribution in [0.2, 0.25) is 0 Å². The molecule has 1 aliphatic heterocycles. The molecule has 5 rings (SSSR count). The SMILES string of the molecule is CCOc1ccc(/C(O)=C2\C(=O)C(=O)N(c3nc4cc(F)c(F)cc4s3)C2c2ccc(O)cc2)c(OCC)c1. The fourth-order valence-electron chi connectivity index (χ4n) is 4.39. The first kappa shape index (κ1) is 26.1. The summed E-state index contributed by atoms with van der Waals surface area (Å²) in [6.45, 7) is 4.23. The second-order valence-corrected chi connectivity index (χ2v) is 9.52. The molecule has 0 aliphatic carbocycles. The lowest BCUT2D eigenvalue weighted by Gasteiger charge is -2.23. The number of phenolic OH excluding ortho intramolecular Hbond substituents is 1. The van der Waals surface area contributed by atoms with Crippen LogP contribution in [0.5, 0.6) is 17.2 Å². The smallest absolute Gasteiger partial charge is 0.301 e. The van der Waals surface area contributed by atoms with Gasteiger partial charge in [-0.05, 0) is 49.7 Å². The summed E-state index contributed by atoms with van der Waals surface area (Å²) in [7, 11) is 0. The van der Waals surface area contributed by atoms with Crippen molar-refractivity contribution in [1.82, 2.24) is 4.98 Å². The molecule has 1 atom stereocenters. The summed E-state index contributed by atoms with van der Waals surface area (Å²) in [6, 6.07) is 11.2. The fraction of sp³-hybridized carbons (Fsp3) is 0.179. The number of hydrogen-bond acceptors (Lipinski definition) is 8. The van der Waals surface area contributed by atoms with Crippen LogP contribution in [0.3, 0.4) is 0 Å². The van der Waals surface area contributed by atoms with Crippen LogP contribution in [0.1, 0.15) is 31.0 Å². The van der Waals surface area contributed by atoms with Gasteiger partial charge in [0.05, 0.1) is 40.6 Å². The van der Waals surface area contributed by atoms with E-state index in [1.54, 1.807) is 19.1 Å². The van der Waals surface area contributed by atoms with E-state index >= 15 is 0 Å². The highest BCUT2D eigenvalue weighted by Crippen LogP contribution is 2.45. The average Bonchev–Trinajstić information content (AvgIpc) is 3.42. The number of halogens is 2. The van der Waals surface area contributed by atoms with Crippen LogP contribution in [-0.2, 0) is 9.59 Å². The third-order valence-corrected chi connectivity index (χ3v) is 7.12. The summed E-state index contributed by atoms with van der Waals surface area (Å²) in [5.74, 6) is -3.96. The minimum atomic E-state index is -1.16. The molecule has 1 saturated heterocycles. The molecule has 0 spiro atoms. The zero-order valence-corrected chi connectivity index (χ0v) is 21.6. The number of carbonyl (C=O) groups is 2. The van der Waals surface area contributed by atoms with E-state index in [0.717, 1.165) is 28.4 Å². The zero-order valence-electron chi connectivity index (χ0n) is 20.8. The number of aromatic hydroxyl groups is 1. The van der Waals surface area contributed by atoms with E-state index in [0.29, 0.717) is 17.9 Å². The van der Waals surface area contributed by atoms with Crippen LogP contribution in [0, 0.1) is 11.6 Å².